The van der Waals surface area contributed by atoms with Crippen molar-refractivity contribution in [3.8, 4) is 22.5 Å². The van der Waals surface area contributed by atoms with E-state index in [1.165, 1.54) is 80.6 Å². The topological polar surface area (TPSA) is 9.86 Å². The Kier molecular flexibility index (Phi) is 5.19. The Hall–Kier alpha value is -5.64. The highest BCUT2D eigenvalue weighted by Crippen LogP contribution is 2.51. The van der Waals surface area contributed by atoms with E-state index in [1.54, 1.807) is 0 Å². The van der Waals surface area contributed by atoms with Crippen molar-refractivity contribution in [1.82, 2.24) is 9.13 Å². The Labute approximate surface area is 263 Å². The quantitative estimate of drug-likeness (QED) is 0.194. The van der Waals surface area contributed by atoms with Gasteiger partial charge in [-0.3, -0.25) is 0 Å². The summed E-state index contributed by atoms with van der Waals surface area (Å²) >= 11 is 1.92. The summed E-state index contributed by atoms with van der Waals surface area (Å²) in [6.45, 7) is 0. The van der Waals surface area contributed by atoms with Gasteiger partial charge in [0.2, 0.25) is 0 Å². The molecule has 3 aromatic heterocycles. The number of nitrogens with zero attached hydrogens (tertiary/aromatic N) is 2. The van der Waals surface area contributed by atoms with Gasteiger partial charge in [-0.05, 0) is 53.6 Å². The largest absolute Gasteiger partial charge is 0.307 e. The molecule has 0 N–H and O–H groups in total. The van der Waals surface area contributed by atoms with Gasteiger partial charge in [-0.25, -0.2) is 0 Å². The first kappa shape index (κ1) is 24.8. The molecule has 7 aromatic carbocycles. The number of benzene rings is 7. The molecule has 0 fully saturated rings. The van der Waals surface area contributed by atoms with Crippen LogP contribution in [-0.2, 0) is 0 Å². The van der Waals surface area contributed by atoms with Crippen LogP contribution in [0.3, 0.4) is 0 Å². The maximum absolute atomic E-state index is 2.50. The summed E-state index contributed by atoms with van der Waals surface area (Å²) in [5.74, 6) is 0. The molecule has 0 unspecified atom stereocenters. The van der Waals surface area contributed by atoms with E-state index >= 15 is 0 Å². The van der Waals surface area contributed by atoms with Crippen LogP contribution in [0.5, 0.6) is 0 Å². The monoisotopic (exact) mass is 590 g/mol. The lowest BCUT2D eigenvalue weighted by atomic mass is 10.0. The zero-order valence-corrected chi connectivity index (χ0v) is 25.1. The van der Waals surface area contributed by atoms with E-state index in [2.05, 4.69) is 167 Å². The van der Waals surface area contributed by atoms with Crippen LogP contribution in [0.25, 0.3) is 86.3 Å². The second kappa shape index (κ2) is 9.43. The van der Waals surface area contributed by atoms with Gasteiger partial charge in [0, 0.05) is 53.1 Å². The molecule has 3 heteroatoms. The van der Waals surface area contributed by atoms with Gasteiger partial charge in [-0.15, -0.1) is 11.3 Å². The number of hydrogen-bond donors (Lipinski definition) is 0. The first-order valence-corrected chi connectivity index (χ1v) is 16.2. The predicted octanol–water partition coefficient (Wildman–Crippen LogP) is 11.9. The lowest BCUT2D eigenvalue weighted by molar-refractivity contribution is 1.15. The molecule has 2 nitrogen and oxygen atoms in total. The molecular weight excluding hydrogens is 565 g/mol. The third-order valence-corrected chi connectivity index (χ3v) is 10.5. The zero-order valence-electron chi connectivity index (χ0n) is 24.3. The molecule has 3 heterocycles. The zero-order chi connectivity index (χ0) is 29.5. The van der Waals surface area contributed by atoms with Gasteiger partial charge < -0.3 is 9.13 Å². The van der Waals surface area contributed by atoms with Crippen molar-refractivity contribution in [3.63, 3.8) is 0 Å². The minimum absolute atomic E-state index is 1.16. The summed E-state index contributed by atoms with van der Waals surface area (Å²) < 4.78 is 7.67. The molecule has 0 radical (unpaired) electrons. The van der Waals surface area contributed by atoms with Crippen LogP contribution in [0, 0.1) is 0 Å². The van der Waals surface area contributed by atoms with E-state index in [0.717, 1.165) is 5.69 Å². The van der Waals surface area contributed by atoms with E-state index in [0.29, 0.717) is 0 Å². The lowest BCUT2D eigenvalue weighted by Crippen LogP contribution is -1.98. The molecule has 0 bridgehead atoms. The van der Waals surface area contributed by atoms with E-state index in [-0.39, 0.29) is 0 Å². The Morgan fingerprint density at radius 2 is 0.844 bits per heavy atom. The van der Waals surface area contributed by atoms with Crippen molar-refractivity contribution in [3.05, 3.63) is 158 Å². The maximum Gasteiger partial charge on any atom is 0.0803 e. The van der Waals surface area contributed by atoms with Gasteiger partial charge in [0.05, 0.1) is 22.1 Å². The van der Waals surface area contributed by atoms with Gasteiger partial charge in [0.25, 0.3) is 0 Å². The number of thiophene rings is 1. The summed E-state index contributed by atoms with van der Waals surface area (Å²) in [5, 5.41) is 7.88. The maximum atomic E-state index is 2.50. The van der Waals surface area contributed by atoms with Crippen LogP contribution >= 0.6 is 11.3 Å². The van der Waals surface area contributed by atoms with E-state index < -0.39 is 0 Å². The fourth-order valence-corrected chi connectivity index (χ4v) is 8.70. The fraction of sp³-hybridized carbons (Fsp3) is 0. The van der Waals surface area contributed by atoms with Crippen molar-refractivity contribution in [2.75, 3.05) is 0 Å². The highest BCUT2D eigenvalue weighted by molar-refractivity contribution is 7.27. The molecule has 45 heavy (non-hydrogen) atoms. The van der Waals surface area contributed by atoms with Crippen molar-refractivity contribution < 1.29 is 0 Å². The Morgan fingerprint density at radius 3 is 1.53 bits per heavy atom. The van der Waals surface area contributed by atoms with E-state index in [4.69, 9.17) is 0 Å². The second-order valence-corrected chi connectivity index (χ2v) is 12.8. The summed E-state index contributed by atoms with van der Waals surface area (Å²) in [7, 11) is 0. The van der Waals surface area contributed by atoms with Gasteiger partial charge in [0.15, 0.2) is 0 Å². The third-order valence-electron chi connectivity index (χ3n) is 9.29. The van der Waals surface area contributed by atoms with Crippen molar-refractivity contribution >= 4 is 75.1 Å². The van der Waals surface area contributed by atoms with E-state index in [1.807, 2.05) is 11.3 Å². The molecule has 0 saturated heterocycles. The number of rotatable bonds is 3. The van der Waals surface area contributed by atoms with Crippen LogP contribution < -0.4 is 0 Å². The average molecular weight is 591 g/mol. The highest BCUT2D eigenvalue weighted by atomic mass is 32.1. The molecule has 0 spiro atoms. The van der Waals surface area contributed by atoms with Crippen LogP contribution in [0.1, 0.15) is 0 Å². The van der Waals surface area contributed by atoms with Crippen molar-refractivity contribution in [2.45, 2.75) is 0 Å². The second-order valence-electron chi connectivity index (χ2n) is 11.7. The fourth-order valence-electron chi connectivity index (χ4n) is 7.43. The molecule has 10 rings (SSSR count). The molecule has 0 amide bonds. The summed E-state index contributed by atoms with van der Waals surface area (Å²) in [5.41, 5.74) is 9.71. The van der Waals surface area contributed by atoms with Crippen LogP contribution in [0.15, 0.2) is 158 Å². The minimum atomic E-state index is 1.16. The SMILES string of the molecule is c1ccc(-c2ccc(-n3c4ccccc4c4c5sc6ccccc6c5c5c6ccccc6n(-c6ccccc6)c5c43)cc2)cc1. The van der Waals surface area contributed by atoms with Crippen LogP contribution in [0.4, 0.5) is 0 Å². The molecular formula is C42H26N2S. The Bertz CT molecular complexity index is 2730. The first-order valence-electron chi connectivity index (χ1n) is 15.4. The number of fused-ring (bicyclic) bond motifs is 12. The lowest BCUT2D eigenvalue weighted by Gasteiger charge is -2.13. The first-order chi connectivity index (χ1) is 22.4. The standard InChI is InChI=1S/C42H26N2S/c1-3-13-27(14-4-1)28-23-25-30(26-24-28)44-35-21-11-8-18-32(35)39-41(44)40-37(38-33-19-9-12-22-36(33)45-42(38)39)31-17-7-10-20-34(31)43(40)29-15-5-2-6-16-29/h1-26H. The minimum Gasteiger partial charge on any atom is -0.307 e. The molecule has 210 valence electrons. The molecule has 0 aliphatic heterocycles. The Morgan fingerprint density at radius 1 is 0.356 bits per heavy atom. The Balaban J connectivity index is 1.47. The third kappa shape index (κ3) is 3.44. The molecule has 0 atom stereocenters. The van der Waals surface area contributed by atoms with Gasteiger partial charge in [0.1, 0.15) is 0 Å². The number of hydrogen-bond acceptors (Lipinski definition) is 1. The summed E-state index contributed by atoms with van der Waals surface area (Å²) in [4.78, 5) is 0. The normalized spacial score (nSPS) is 12.0. The van der Waals surface area contributed by atoms with Crippen molar-refractivity contribution in [2.24, 2.45) is 0 Å². The summed E-state index contributed by atoms with van der Waals surface area (Å²) in [6.07, 6.45) is 0. The van der Waals surface area contributed by atoms with Crippen LogP contribution in [-0.4, -0.2) is 9.13 Å². The molecule has 0 aliphatic carbocycles. The average Bonchev–Trinajstić information content (AvgIpc) is 3.77. The molecule has 0 aliphatic rings. The molecule has 10 aromatic rings. The smallest absolute Gasteiger partial charge is 0.0803 e. The van der Waals surface area contributed by atoms with Crippen molar-refractivity contribution in [1.29, 1.82) is 0 Å². The van der Waals surface area contributed by atoms with Gasteiger partial charge >= 0.3 is 0 Å². The van der Waals surface area contributed by atoms with E-state index in [9.17, 15) is 0 Å². The summed E-state index contributed by atoms with van der Waals surface area (Å²) in [6, 6.07) is 57.3. The molecule has 0 saturated carbocycles. The van der Waals surface area contributed by atoms with Crippen LogP contribution in [0.2, 0.25) is 0 Å². The van der Waals surface area contributed by atoms with Gasteiger partial charge in [-0.2, -0.15) is 0 Å². The highest BCUT2D eigenvalue weighted by Gasteiger charge is 2.26. The number of aromatic nitrogens is 2. The van der Waals surface area contributed by atoms with Gasteiger partial charge in [-0.1, -0.05) is 115 Å². The predicted molar refractivity (Wildman–Crippen MR) is 193 cm³/mol. The number of para-hydroxylation sites is 3.